The van der Waals surface area contributed by atoms with E-state index in [2.05, 4.69) is 109 Å². The van der Waals surface area contributed by atoms with Gasteiger partial charge in [-0.15, -0.1) is 11.6 Å². The Bertz CT molecular complexity index is 3220. The van der Waals surface area contributed by atoms with Crippen molar-refractivity contribution in [3.05, 3.63) is 111 Å². The molecule has 0 fully saturated rings. The zero-order chi connectivity index (χ0) is 59.7. The van der Waals surface area contributed by atoms with Gasteiger partial charge in [-0.3, -0.25) is 26.3 Å². The fourth-order valence-electron chi connectivity index (χ4n) is 7.06. The number of anilines is 2. The third kappa shape index (κ3) is 25.6. The number of benzene rings is 4. The predicted octanol–water partition coefficient (Wildman–Crippen LogP) is -9.13. The zero-order valence-electron chi connectivity index (χ0n) is 45.7. The monoisotopic (exact) mass is 1310 g/mol. The number of carbonyl (C=O) groups excluding carboxylic acids is 3. The van der Waals surface area contributed by atoms with E-state index in [1.54, 1.807) is 0 Å². The number of nitrogens with two attached hydrogens (primary N) is 3. The number of fused-ring (bicyclic) bond motifs is 2. The molecule has 6 rings (SSSR count). The summed E-state index contributed by atoms with van der Waals surface area (Å²) < 4.78 is 105. The number of carboxylic acids is 4. The number of carbonyl (C=O) groups is 4. The summed E-state index contributed by atoms with van der Waals surface area (Å²) in [5.41, 5.74) is 8.00. The fourth-order valence-corrected chi connectivity index (χ4v) is 12.4. The molecule has 2 aliphatic rings. The first-order chi connectivity index (χ1) is 36.1. The molecule has 15 N–H and O–H groups in total. The first kappa shape index (κ1) is 82.7. The molecule has 37 heteroatoms. The molecule has 0 bridgehead atoms. The Morgan fingerprint density at radius 2 is 1.22 bits per heavy atom. The van der Waals surface area contributed by atoms with Gasteiger partial charge in [0.25, 0.3) is 0 Å². The summed E-state index contributed by atoms with van der Waals surface area (Å²) in [6.07, 6.45) is 2.14. The van der Waals surface area contributed by atoms with Crippen LogP contribution in [0.5, 0.6) is 0 Å². The first-order valence-electron chi connectivity index (χ1n) is 22.4. The van der Waals surface area contributed by atoms with Crippen LogP contribution in [-0.2, 0) is 59.3 Å². The van der Waals surface area contributed by atoms with Crippen molar-refractivity contribution in [1.29, 1.82) is 0 Å². The molecule has 0 radical (unpaired) electrons. The molecule has 4 aromatic carbocycles. The van der Waals surface area contributed by atoms with E-state index in [-0.39, 0.29) is 122 Å². The Morgan fingerprint density at radius 1 is 0.756 bits per heavy atom. The van der Waals surface area contributed by atoms with Crippen LogP contribution in [0.3, 0.4) is 0 Å². The summed E-state index contributed by atoms with van der Waals surface area (Å²) in [5.74, 6) is 2.18. The van der Waals surface area contributed by atoms with Crippen molar-refractivity contribution >= 4 is 110 Å². The number of rotatable bonds is 18. The predicted molar refractivity (Wildman–Crippen MR) is 292 cm³/mol. The second kappa shape index (κ2) is 37.1. The fraction of sp³-hybridized carbons (Fsp3) is 0.356. The van der Waals surface area contributed by atoms with Gasteiger partial charge in [0.1, 0.15) is 25.1 Å². The van der Waals surface area contributed by atoms with Gasteiger partial charge in [-0.2, -0.15) is 14.2 Å². The number of halogens is 3. The summed E-state index contributed by atoms with van der Waals surface area (Å²) in [5, 5.41) is 47.1. The minimum atomic E-state index is -4.42. The van der Waals surface area contributed by atoms with E-state index in [0.717, 1.165) is 34.1 Å². The van der Waals surface area contributed by atoms with Gasteiger partial charge in [0.05, 0.1) is 76.8 Å². The molecule has 0 amide bonds. The average molecular weight is 1310 g/mol. The Kier molecular flexibility index (Phi) is 37.5. The van der Waals surface area contributed by atoms with Gasteiger partial charge in [-0.1, -0.05) is 41.4 Å². The van der Waals surface area contributed by atoms with E-state index in [0.29, 0.717) is 0 Å². The SMILES string of the molecule is C[CH+]c1cccc(C)c1C.Cc1cccc(C(C)Cl)c1C.NN.NS(=O)(=O)c1cc2c(cc1Cl)N(CNS(=O)(=O)c1cc3c(cc1Cl)NCNS3(=O)=O)CNS2(=O)=O.O.O.O=C([O-])CN(CCN(CC(=O)[O-])CC(=O)O)CC(=O)[O-].[Na+].[Na+]. The van der Waals surface area contributed by atoms with Gasteiger partial charge >= 0.3 is 65.1 Å². The van der Waals surface area contributed by atoms with Crippen molar-refractivity contribution in [3.8, 4) is 0 Å². The number of carboxylic acid groups (broad SMARTS) is 4. The van der Waals surface area contributed by atoms with Crippen LogP contribution in [0, 0.1) is 34.1 Å². The largest absolute Gasteiger partial charge is 1.00 e. The number of nitrogens with one attached hydrogen (secondary N) is 4. The van der Waals surface area contributed by atoms with Crippen molar-refractivity contribution in [2.75, 3.05) is 69.5 Å². The quantitative estimate of drug-likeness (QED) is 0.0151. The van der Waals surface area contributed by atoms with Gasteiger partial charge < -0.3 is 56.0 Å². The first-order valence-corrected chi connectivity index (χ1v) is 29.6. The molecule has 0 saturated carbocycles. The maximum absolute atomic E-state index is 13.0. The number of aliphatic carboxylic acids is 4. The number of hydrogen-bond acceptors (Lipinski definition) is 21. The van der Waals surface area contributed by atoms with Gasteiger partial charge in [0, 0.05) is 64.6 Å². The maximum atomic E-state index is 13.0. The number of aryl methyl sites for hydroxylation is 2. The van der Waals surface area contributed by atoms with Crippen LogP contribution in [0.1, 0.15) is 52.6 Å². The molecular weight excluding hydrogens is 1250 g/mol. The van der Waals surface area contributed by atoms with Crippen LogP contribution in [0.2, 0.25) is 10.0 Å². The van der Waals surface area contributed by atoms with Crippen molar-refractivity contribution in [1.82, 2.24) is 24.0 Å². The van der Waals surface area contributed by atoms with E-state index in [9.17, 15) is 68.2 Å². The Labute approximate surface area is 535 Å². The smallest absolute Gasteiger partial charge is 0.549 e. The van der Waals surface area contributed by atoms with Gasteiger partial charge in [0.2, 0.25) is 40.1 Å². The molecule has 1 atom stereocenters. The van der Waals surface area contributed by atoms with E-state index in [1.165, 1.54) is 38.3 Å². The normalized spacial score (nSPS) is 13.7. The Morgan fingerprint density at radius 3 is 1.67 bits per heavy atom. The summed E-state index contributed by atoms with van der Waals surface area (Å²) in [6.45, 7) is 8.57. The minimum absolute atomic E-state index is 0. The molecular formula is C45H63Cl3N10Na2O18S4. The molecule has 2 heterocycles. The number of hydrazine groups is 1. The van der Waals surface area contributed by atoms with Crippen LogP contribution >= 0.6 is 34.8 Å². The topological polar surface area (TPSA) is 493 Å². The van der Waals surface area contributed by atoms with Crippen LogP contribution in [0.15, 0.2) is 80.2 Å². The Balaban J connectivity index is -0.00000112. The molecule has 0 aliphatic carbocycles. The maximum Gasteiger partial charge on any atom is 1.00 e. The molecule has 0 spiro atoms. The van der Waals surface area contributed by atoms with Gasteiger partial charge in [-0.25, -0.2) is 38.8 Å². The number of primary sulfonamides is 1. The molecule has 28 nitrogen and oxygen atoms in total. The molecule has 2 aliphatic heterocycles. The minimum Gasteiger partial charge on any atom is -0.549 e. The summed E-state index contributed by atoms with van der Waals surface area (Å²) in [6, 6.07) is 16.5. The second-order valence-corrected chi connectivity index (χ2v) is 24.8. The van der Waals surface area contributed by atoms with Crippen LogP contribution in [0.4, 0.5) is 11.4 Å². The molecule has 0 aromatic heterocycles. The standard InChI is InChI=1S/C15H16Cl2N6O8S4.C10H13Cl.C10H16N2O8.C10H13.H4N2.2Na.2H2O/c16-8-1-10-14(34(28,29)20-5-19-10)4-13(8)33(26,27)21-6-23-7-22-35(30,31)15-3-12(32(18,24)25)9(17)2-11(15)23;1-7-5-4-6-10(8(7)2)9(3)11;13-7(14)3-11(4-8(15)16)1-2-12(5-9(17)18)6-10(19)20;1-4-10-7-5-6-8(2)9(10)3;1-2;;;;/h1-4,19-22H,5-7H2,(H2,18,24,25);4-6,9H,1-3H3;1-6H2,(H,13,14)(H,15,16)(H,17,18)(H,19,20);4-7H,1-3H3;1-2H2;;;2*1H2/q;;;+1;;2*+1;;/p-3. The number of sulfonamides is 4. The third-order valence-electron chi connectivity index (χ3n) is 11.2. The summed E-state index contributed by atoms with van der Waals surface area (Å²) >= 11 is 18.1. The molecule has 4 aromatic rings. The number of nitrogens with zero attached hydrogens (tertiary/aromatic N) is 3. The molecule has 1 unspecified atom stereocenters. The van der Waals surface area contributed by atoms with Crippen LogP contribution in [0.25, 0.3) is 0 Å². The van der Waals surface area contributed by atoms with Crippen molar-refractivity contribution < 1.29 is 143 Å². The van der Waals surface area contributed by atoms with E-state index >= 15 is 0 Å². The zero-order valence-corrected chi connectivity index (χ0v) is 55.2. The Hall–Kier alpha value is -3.50. The van der Waals surface area contributed by atoms with Crippen molar-refractivity contribution in [2.45, 2.75) is 66.5 Å². The third-order valence-corrected chi connectivity index (χ3v) is 17.5. The van der Waals surface area contributed by atoms with Crippen molar-refractivity contribution in [2.24, 2.45) is 16.8 Å². The molecule has 0 saturated heterocycles. The van der Waals surface area contributed by atoms with Crippen LogP contribution in [-0.4, -0.2) is 143 Å². The number of alkyl halides is 1. The van der Waals surface area contributed by atoms with E-state index < -0.39 is 118 Å². The van der Waals surface area contributed by atoms with Gasteiger partial charge in [-0.05, 0) is 80.8 Å². The van der Waals surface area contributed by atoms with Crippen LogP contribution < -0.4 is 116 Å². The van der Waals surface area contributed by atoms with Crippen molar-refractivity contribution in [3.63, 3.8) is 0 Å². The van der Waals surface area contributed by atoms with E-state index in [1.807, 2.05) is 6.92 Å². The second-order valence-electron chi connectivity index (χ2n) is 16.6. The average Bonchev–Trinajstić information content (AvgIpc) is 3.32. The number of hydrogen-bond donors (Lipinski definition) is 8. The molecule has 448 valence electrons. The summed E-state index contributed by atoms with van der Waals surface area (Å²) in [4.78, 5) is 42.9. The summed E-state index contributed by atoms with van der Waals surface area (Å²) in [7, 11) is -16.9. The van der Waals surface area contributed by atoms with Gasteiger partial charge in [0.15, 0.2) is 0 Å². The van der Waals surface area contributed by atoms with E-state index in [4.69, 9.17) is 45.0 Å². The molecule has 82 heavy (non-hydrogen) atoms.